The predicted molar refractivity (Wildman–Crippen MR) is 83.8 cm³/mol. The van der Waals surface area contributed by atoms with Crippen molar-refractivity contribution in [3.05, 3.63) is 0 Å². The molecular formula is C15H31ClN2O. The number of rotatable bonds is 5. The molecule has 19 heavy (non-hydrogen) atoms. The Hall–Kier alpha value is -0.280. The number of hydrogen-bond donors (Lipinski definition) is 1. The quantitative estimate of drug-likeness (QED) is 0.844. The number of nitrogens with zero attached hydrogens (tertiary/aromatic N) is 1. The molecule has 1 fully saturated rings. The third kappa shape index (κ3) is 7.78. The van der Waals surface area contributed by atoms with Gasteiger partial charge in [0.05, 0.1) is 0 Å². The van der Waals surface area contributed by atoms with Crippen LogP contribution < -0.4 is 5.32 Å². The first-order valence-corrected chi connectivity index (χ1v) is 7.41. The zero-order chi connectivity index (χ0) is 13.6. The second-order valence-electron chi connectivity index (χ2n) is 6.69. The highest BCUT2D eigenvalue weighted by Gasteiger charge is 2.23. The van der Waals surface area contributed by atoms with Crippen LogP contribution in [0.5, 0.6) is 0 Å². The normalized spacial score (nSPS) is 17.2. The number of carbonyl (C=O) groups excluding carboxylic acids is 1. The monoisotopic (exact) mass is 290 g/mol. The molecule has 0 aromatic heterocycles. The van der Waals surface area contributed by atoms with E-state index in [1.165, 1.54) is 0 Å². The molecule has 1 saturated heterocycles. The number of nitrogens with one attached hydrogen (secondary N) is 1. The second-order valence-corrected chi connectivity index (χ2v) is 6.69. The summed E-state index contributed by atoms with van der Waals surface area (Å²) in [7, 11) is 0. The van der Waals surface area contributed by atoms with Crippen molar-refractivity contribution in [3.8, 4) is 0 Å². The lowest BCUT2D eigenvalue weighted by atomic mass is 9.90. The van der Waals surface area contributed by atoms with Gasteiger partial charge in [-0.1, -0.05) is 27.7 Å². The molecule has 0 saturated carbocycles. The van der Waals surface area contributed by atoms with Gasteiger partial charge in [0.2, 0.25) is 5.91 Å². The standard InChI is InChI=1S/C15H30N2O.ClH/c1-5-16-12-13-7-10-17(11-8-13)14(18)6-9-15(2,3)4;/h13,16H,5-12H2,1-4H3;1H. The van der Waals surface area contributed by atoms with Crippen LogP contribution in [0.25, 0.3) is 0 Å². The predicted octanol–water partition coefficient (Wildman–Crippen LogP) is 3.08. The number of halogens is 1. The molecule has 0 atom stereocenters. The lowest BCUT2D eigenvalue weighted by Crippen LogP contribution is -2.40. The number of hydrogen-bond acceptors (Lipinski definition) is 2. The molecule has 0 radical (unpaired) electrons. The van der Waals surface area contributed by atoms with E-state index in [0.717, 1.165) is 51.4 Å². The maximum atomic E-state index is 12.1. The van der Waals surface area contributed by atoms with Gasteiger partial charge in [0.1, 0.15) is 0 Å². The lowest BCUT2D eigenvalue weighted by Gasteiger charge is -2.32. The highest BCUT2D eigenvalue weighted by molar-refractivity contribution is 5.85. The summed E-state index contributed by atoms with van der Waals surface area (Å²) in [5, 5.41) is 3.40. The van der Waals surface area contributed by atoms with Crippen LogP contribution in [-0.2, 0) is 4.79 Å². The summed E-state index contributed by atoms with van der Waals surface area (Å²) in [5.41, 5.74) is 0.263. The number of carbonyl (C=O) groups is 1. The van der Waals surface area contributed by atoms with Gasteiger partial charge in [0, 0.05) is 19.5 Å². The van der Waals surface area contributed by atoms with Crippen LogP contribution in [0.3, 0.4) is 0 Å². The Morgan fingerprint density at radius 1 is 1.26 bits per heavy atom. The molecule has 0 spiro atoms. The SMILES string of the molecule is CCNCC1CCN(C(=O)CCC(C)(C)C)CC1.Cl. The number of amides is 1. The van der Waals surface area contributed by atoms with Crippen molar-refractivity contribution in [2.24, 2.45) is 11.3 Å². The van der Waals surface area contributed by atoms with Gasteiger partial charge in [-0.15, -0.1) is 12.4 Å². The molecule has 3 nitrogen and oxygen atoms in total. The van der Waals surface area contributed by atoms with E-state index in [-0.39, 0.29) is 17.8 Å². The van der Waals surface area contributed by atoms with Gasteiger partial charge < -0.3 is 10.2 Å². The Bertz CT molecular complexity index is 255. The summed E-state index contributed by atoms with van der Waals surface area (Å²) in [5.74, 6) is 1.11. The smallest absolute Gasteiger partial charge is 0.222 e. The first-order valence-electron chi connectivity index (χ1n) is 7.41. The van der Waals surface area contributed by atoms with Crippen LogP contribution in [0.1, 0.15) is 53.4 Å². The van der Waals surface area contributed by atoms with E-state index in [1.807, 2.05) is 0 Å². The Morgan fingerprint density at radius 2 is 1.84 bits per heavy atom. The Balaban J connectivity index is 0.00000324. The fourth-order valence-corrected chi connectivity index (χ4v) is 2.37. The first-order chi connectivity index (χ1) is 8.42. The van der Waals surface area contributed by atoms with E-state index in [9.17, 15) is 4.79 Å². The summed E-state index contributed by atoms with van der Waals surface area (Å²) in [6, 6.07) is 0. The highest BCUT2D eigenvalue weighted by atomic mass is 35.5. The maximum absolute atomic E-state index is 12.1. The van der Waals surface area contributed by atoms with Crippen molar-refractivity contribution in [1.82, 2.24) is 10.2 Å². The van der Waals surface area contributed by atoms with Gasteiger partial charge in [-0.2, -0.15) is 0 Å². The van der Waals surface area contributed by atoms with Gasteiger partial charge in [-0.25, -0.2) is 0 Å². The Labute approximate surface area is 124 Å². The summed E-state index contributed by atoms with van der Waals surface area (Å²) in [6.45, 7) is 12.8. The summed E-state index contributed by atoms with van der Waals surface area (Å²) < 4.78 is 0. The summed E-state index contributed by atoms with van der Waals surface area (Å²) >= 11 is 0. The van der Waals surface area contributed by atoms with Gasteiger partial charge in [-0.05, 0) is 43.7 Å². The fourth-order valence-electron chi connectivity index (χ4n) is 2.37. The largest absolute Gasteiger partial charge is 0.343 e. The molecule has 1 aliphatic heterocycles. The molecule has 1 aliphatic rings. The van der Waals surface area contributed by atoms with Crippen molar-refractivity contribution in [3.63, 3.8) is 0 Å². The Kier molecular flexibility index (Phi) is 8.67. The van der Waals surface area contributed by atoms with E-state index in [4.69, 9.17) is 0 Å². The third-order valence-corrected chi connectivity index (χ3v) is 3.74. The number of likely N-dealkylation sites (tertiary alicyclic amines) is 1. The molecular weight excluding hydrogens is 260 g/mol. The zero-order valence-corrected chi connectivity index (χ0v) is 13.8. The molecule has 1 heterocycles. The third-order valence-electron chi connectivity index (χ3n) is 3.74. The molecule has 1 rings (SSSR count). The number of piperidine rings is 1. The molecule has 0 bridgehead atoms. The maximum Gasteiger partial charge on any atom is 0.222 e. The Morgan fingerprint density at radius 3 is 2.32 bits per heavy atom. The van der Waals surface area contributed by atoms with Crippen LogP contribution in [-0.4, -0.2) is 37.0 Å². The lowest BCUT2D eigenvalue weighted by molar-refractivity contribution is -0.133. The van der Waals surface area contributed by atoms with E-state index in [0.29, 0.717) is 12.3 Å². The van der Waals surface area contributed by atoms with Gasteiger partial charge in [0.25, 0.3) is 0 Å². The average molecular weight is 291 g/mol. The molecule has 114 valence electrons. The molecule has 4 heteroatoms. The minimum absolute atomic E-state index is 0. The van der Waals surface area contributed by atoms with E-state index >= 15 is 0 Å². The van der Waals surface area contributed by atoms with Gasteiger partial charge in [-0.3, -0.25) is 4.79 Å². The van der Waals surface area contributed by atoms with Crippen molar-refractivity contribution in [1.29, 1.82) is 0 Å². The molecule has 0 aromatic carbocycles. The second kappa shape index (κ2) is 8.80. The minimum atomic E-state index is 0. The highest BCUT2D eigenvalue weighted by Crippen LogP contribution is 2.23. The van der Waals surface area contributed by atoms with Crippen molar-refractivity contribution in [2.75, 3.05) is 26.2 Å². The van der Waals surface area contributed by atoms with E-state index < -0.39 is 0 Å². The summed E-state index contributed by atoms with van der Waals surface area (Å²) in [6.07, 6.45) is 4.02. The van der Waals surface area contributed by atoms with Crippen LogP contribution in [0.2, 0.25) is 0 Å². The van der Waals surface area contributed by atoms with E-state index in [1.54, 1.807) is 0 Å². The van der Waals surface area contributed by atoms with Gasteiger partial charge >= 0.3 is 0 Å². The van der Waals surface area contributed by atoms with Crippen LogP contribution in [0, 0.1) is 11.3 Å². The van der Waals surface area contributed by atoms with Crippen molar-refractivity contribution in [2.45, 2.75) is 53.4 Å². The molecule has 0 aromatic rings. The van der Waals surface area contributed by atoms with Crippen molar-refractivity contribution >= 4 is 18.3 Å². The van der Waals surface area contributed by atoms with Gasteiger partial charge in [0.15, 0.2) is 0 Å². The minimum Gasteiger partial charge on any atom is -0.343 e. The van der Waals surface area contributed by atoms with Crippen molar-refractivity contribution < 1.29 is 4.79 Å². The molecule has 0 unspecified atom stereocenters. The van der Waals surface area contributed by atoms with Crippen LogP contribution in [0.4, 0.5) is 0 Å². The molecule has 1 N–H and O–H groups in total. The first kappa shape index (κ1) is 18.7. The molecule has 0 aliphatic carbocycles. The topological polar surface area (TPSA) is 32.3 Å². The van der Waals surface area contributed by atoms with E-state index in [2.05, 4.69) is 37.9 Å². The summed E-state index contributed by atoms with van der Waals surface area (Å²) in [4.78, 5) is 14.1. The van der Waals surface area contributed by atoms with Crippen LogP contribution in [0.15, 0.2) is 0 Å². The fraction of sp³-hybridized carbons (Fsp3) is 0.933. The average Bonchev–Trinajstić information content (AvgIpc) is 2.33. The zero-order valence-electron chi connectivity index (χ0n) is 13.0. The van der Waals surface area contributed by atoms with Crippen LogP contribution >= 0.6 is 12.4 Å². The molecule has 1 amide bonds.